The topological polar surface area (TPSA) is 0 Å². The fourth-order valence-electron chi connectivity index (χ4n) is 2.01. The van der Waals surface area contributed by atoms with E-state index in [0.717, 1.165) is 0 Å². The van der Waals surface area contributed by atoms with E-state index in [9.17, 15) is 0 Å². The fourth-order valence-corrected chi connectivity index (χ4v) is 2.01. The minimum Gasteiger partial charge on any atom is -1.00 e. The zero-order valence-corrected chi connectivity index (χ0v) is 13.4. The molecule has 1 nitrogen and oxygen atoms in total. The van der Waals surface area contributed by atoms with Gasteiger partial charge in [-0.3, -0.25) is 0 Å². The Morgan fingerprint density at radius 3 is 1.47 bits per heavy atom. The lowest BCUT2D eigenvalue weighted by Gasteiger charge is -2.28. The van der Waals surface area contributed by atoms with Gasteiger partial charge in [0.05, 0.1) is 27.2 Å². The van der Waals surface area contributed by atoms with Crippen LogP contribution < -0.4 is 12.4 Å². The van der Waals surface area contributed by atoms with Crippen molar-refractivity contribution in [2.45, 2.75) is 71.6 Å². The molecule has 0 aromatic carbocycles. The highest BCUT2D eigenvalue weighted by molar-refractivity contribution is 4.46. The number of quaternary nitrogens is 1. The molecule has 0 N–H and O–H groups in total. The van der Waals surface area contributed by atoms with Gasteiger partial charge in [0.15, 0.2) is 0 Å². The SMILES string of the molecule is CCCCCCCCCCC[N+](C)(C)CC.[Cl-]. The highest BCUT2D eigenvalue weighted by Gasteiger charge is 2.09. The number of nitrogens with zero attached hydrogens (tertiary/aromatic N) is 1. The molecule has 17 heavy (non-hydrogen) atoms. The van der Waals surface area contributed by atoms with Gasteiger partial charge in [0.25, 0.3) is 0 Å². The van der Waals surface area contributed by atoms with E-state index in [1.54, 1.807) is 0 Å². The van der Waals surface area contributed by atoms with Crippen molar-refractivity contribution in [2.75, 3.05) is 27.2 Å². The maximum Gasteiger partial charge on any atom is 0.0782 e. The normalized spacial score (nSPS) is 11.3. The number of hydrogen-bond acceptors (Lipinski definition) is 0. The van der Waals surface area contributed by atoms with Gasteiger partial charge in [-0.05, 0) is 19.8 Å². The van der Waals surface area contributed by atoms with Crippen molar-refractivity contribution in [2.24, 2.45) is 0 Å². The second-order valence-electron chi connectivity index (χ2n) is 5.80. The quantitative estimate of drug-likeness (QED) is 0.393. The monoisotopic (exact) mass is 263 g/mol. The molecule has 0 fully saturated rings. The summed E-state index contributed by atoms with van der Waals surface area (Å²) < 4.78 is 1.19. The van der Waals surface area contributed by atoms with Crippen LogP contribution in [0.25, 0.3) is 0 Å². The molecule has 0 bridgehead atoms. The third kappa shape index (κ3) is 14.2. The summed E-state index contributed by atoms with van der Waals surface area (Å²) in [5.41, 5.74) is 0. The molecule has 0 heterocycles. The van der Waals surface area contributed by atoms with Crippen LogP contribution in [0.5, 0.6) is 0 Å². The second-order valence-corrected chi connectivity index (χ2v) is 5.80. The lowest BCUT2D eigenvalue weighted by molar-refractivity contribution is -0.888. The van der Waals surface area contributed by atoms with Gasteiger partial charge in [-0.25, -0.2) is 0 Å². The maximum atomic E-state index is 2.34. The first-order valence-corrected chi connectivity index (χ1v) is 7.44. The van der Waals surface area contributed by atoms with Gasteiger partial charge >= 0.3 is 0 Å². The van der Waals surface area contributed by atoms with E-state index in [1.807, 2.05) is 0 Å². The number of hydrogen-bond donors (Lipinski definition) is 0. The van der Waals surface area contributed by atoms with Gasteiger partial charge in [0, 0.05) is 0 Å². The van der Waals surface area contributed by atoms with E-state index < -0.39 is 0 Å². The average Bonchev–Trinajstić information content (AvgIpc) is 2.27. The predicted molar refractivity (Wildman–Crippen MR) is 74.7 cm³/mol. The first-order chi connectivity index (χ1) is 7.62. The zero-order chi connectivity index (χ0) is 12.3. The largest absolute Gasteiger partial charge is 1.00 e. The lowest BCUT2D eigenvalue weighted by atomic mass is 10.1. The molecule has 0 aliphatic carbocycles. The Morgan fingerprint density at radius 2 is 1.06 bits per heavy atom. The molecule has 0 spiro atoms. The predicted octanol–water partition coefficient (Wildman–Crippen LogP) is 1.62. The molecule has 0 saturated heterocycles. The molecule has 0 aromatic heterocycles. The van der Waals surface area contributed by atoms with E-state index >= 15 is 0 Å². The summed E-state index contributed by atoms with van der Waals surface area (Å²) in [4.78, 5) is 0. The molecule has 2 heteroatoms. The van der Waals surface area contributed by atoms with Crippen LogP contribution in [0.1, 0.15) is 71.6 Å². The van der Waals surface area contributed by atoms with Crippen LogP contribution >= 0.6 is 0 Å². The first kappa shape index (κ1) is 19.6. The Morgan fingerprint density at radius 1 is 0.647 bits per heavy atom. The maximum absolute atomic E-state index is 2.34. The Balaban J connectivity index is 0. The summed E-state index contributed by atoms with van der Waals surface area (Å²) in [6.07, 6.45) is 12.9. The summed E-state index contributed by atoms with van der Waals surface area (Å²) in [6, 6.07) is 0. The summed E-state index contributed by atoms with van der Waals surface area (Å²) >= 11 is 0. The molecule has 0 atom stereocenters. The fraction of sp³-hybridized carbons (Fsp3) is 1.00. The van der Waals surface area contributed by atoms with Gasteiger partial charge in [0.1, 0.15) is 0 Å². The molecule has 0 radical (unpaired) electrons. The third-order valence-electron chi connectivity index (χ3n) is 3.72. The van der Waals surface area contributed by atoms with Gasteiger partial charge in [-0.15, -0.1) is 0 Å². The molecule has 0 aliphatic rings. The van der Waals surface area contributed by atoms with Gasteiger partial charge < -0.3 is 16.9 Å². The lowest BCUT2D eigenvalue weighted by Crippen LogP contribution is -3.00. The Labute approximate surface area is 116 Å². The van der Waals surface area contributed by atoms with Crippen LogP contribution in [-0.4, -0.2) is 31.7 Å². The summed E-state index contributed by atoms with van der Waals surface area (Å²) in [6.45, 7) is 7.19. The van der Waals surface area contributed by atoms with Crippen molar-refractivity contribution in [3.8, 4) is 0 Å². The first-order valence-electron chi connectivity index (χ1n) is 7.44. The number of rotatable bonds is 11. The van der Waals surface area contributed by atoms with Crippen molar-refractivity contribution in [3.63, 3.8) is 0 Å². The van der Waals surface area contributed by atoms with E-state index in [1.165, 1.54) is 75.4 Å². The molecule has 0 aliphatic heterocycles. The Bertz CT molecular complexity index is 146. The van der Waals surface area contributed by atoms with Gasteiger partial charge in [0.2, 0.25) is 0 Å². The minimum absolute atomic E-state index is 0. The average molecular weight is 264 g/mol. The smallest absolute Gasteiger partial charge is 0.0782 e. The minimum atomic E-state index is 0. The van der Waals surface area contributed by atoms with E-state index in [4.69, 9.17) is 0 Å². The molecule has 0 saturated carbocycles. The molecule has 0 rings (SSSR count). The van der Waals surface area contributed by atoms with E-state index in [2.05, 4.69) is 27.9 Å². The van der Waals surface area contributed by atoms with Crippen molar-refractivity contribution in [1.82, 2.24) is 0 Å². The van der Waals surface area contributed by atoms with Crippen LogP contribution in [0.2, 0.25) is 0 Å². The highest BCUT2D eigenvalue weighted by Crippen LogP contribution is 2.10. The highest BCUT2D eigenvalue weighted by atomic mass is 35.5. The van der Waals surface area contributed by atoms with Gasteiger partial charge in [-0.2, -0.15) is 0 Å². The molecule has 0 aromatic rings. The summed E-state index contributed by atoms with van der Waals surface area (Å²) in [5, 5.41) is 0. The Hall–Kier alpha value is 0.250. The van der Waals surface area contributed by atoms with Crippen LogP contribution in [0, 0.1) is 0 Å². The van der Waals surface area contributed by atoms with Crippen LogP contribution in [0.15, 0.2) is 0 Å². The summed E-state index contributed by atoms with van der Waals surface area (Å²) in [5.74, 6) is 0. The van der Waals surface area contributed by atoms with Crippen molar-refractivity contribution in [1.29, 1.82) is 0 Å². The Kier molecular flexibility index (Phi) is 14.6. The van der Waals surface area contributed by atoms with Crippen LogP contribution in [0.3, 0.4) is 0 Å². The molecule has 106 valence electrons. The van der Waals surface area contributed by atoms with Crippen molar-refractivity contribution < 1.29 is 16.9 Å². The van der Waals surface area contributed by atoms with Crippen LogP contribution in [-0.2, 0) is 0 Å². The van der Waals surface area contributed by atoms with Gasteiger partial charge in [-0.1, -0.05) is 51.9 Å². The zero-order valence-electron chi connectivity index (χ0n) is 12.6. The molecule has 0 amide bonds. The van der Waals surface area contributed by atoms with Crippen LogP contribution in [0.4, 0.5) is 0 Å². The molecular formula is C15H34ClN. The standard InChI is InChI=1S/C15H34N.ClH/c1-5-7-8-9-10-11-12-13-14-15-16(3,4)6-2;/h5-15H2,1-4H3;1H/q+1;/p-1. The molecular weight excluding hydrogens is 230 g/mol. The molecule has 0 unspecified atom stereocenters. The number of unbranched alkanes of at least 4 members (excludes halogenated alkanes) is 8. The van der Waals surface area contributed by atoms with E-state index in [-0.39, 0.29) is 12.4 Å². The van der Waals surface area contributed by atoms with Crippen molar-refractivity contribution in [3.05, 3.63) is 0 Å². The van der Waals surface area contributed by atoms with E-state index in [0.29, 0.717) is 0 Å². The van der Waals surface area contributed by atoms with Crippen molar-refractivity contribution >= 4 is 0 Å². The second kappa shape index (κ2) is 12.7. The summed E-state index contributed by atoms with van der Waals surface area (Å²) in [7, 11) is 4.68. The number of halogens is 1. The third-order valence-corrected chi connectivity index (χ3v) is 3.72.